The molecule has 17 heavy (non-hydrogen) atoms. The third-order valence-electron chi connectivity index (χ3n) is 2.75. The van der Waals surface area contributed by atoms with Crippen LogP contribution in [0, 0.1) is 12.7 Å². The summed E-state index contributed by atoms with van der Waals surface area (Å²) in [5.74, 6) is -0.291. The molecule has 1 atom stereocenters. The fourth-order valence-electron chi connectivity index (χ4n) is 1.78. The minimum Gasteiger partial charge on any atom is -0.324 e. The Morgan fingerprint density at radius 3 is 2.76 bits per heavy atom. The Morgan fingerprint density at radius 2 is 2.18 bits per heavy atom. The largest absolute Gasteiger partial charge is 0.324 e. The van der Waals surface area contributed by atoms with Crippen LogP contribution in [0.3, 0.4) is 0 Å². The minimum atomic E-state index is -0.291. The molecule has 0 amide bonds. The first-order valence-corrected chi connectivity index (χ1v) is 6.62. The van der Waals surface area contributed by atoms with Gasteiger partial charge in [-0.2, -0.15) is 11.3 Å². The first-order valence-electron chi connectivity index (χ1n) is 5.30. The number of aryl methyl sites for hydroxylation is 1. The van der Waals surface area contributed by atoms with Crippen molar-refractivity contribution in [3.05, 3.63) is 56.5 Å². The van der Waals surface area contributed by atoms with Crippen LogP contribution in [0.2, 0.25) is 5.02 Å². The van der Waals surface area contributed by atoms with Gasteiger partial charge in [0.05, 0.1) is 0 Å². The SMILES string of the molecule is Cc1cscc1C(N)Cc1ccc(Cl)cc1F. The molecule has 0 fully saturated rings. The summed E-state index contributed by atoms with van der Waals surface area (Å²) in [7, 11) is 0. The Bertz CT molecular complexity index is 524. The predicted octanol–water partition coefficient (Wildman–Crippen LogP) is 4.09. The second kappa shape index (κ2) is 5.17. The molecule has 0 spiro atoms. The van der Waals surface area contributed by atoms with Crippen molar-refractivity contribution < 1.29 is 4.39 Å². The average molecular weight is 270 g/mol. The number of rotatable bonds is 3. The van der Waals surface area contributed by atoms with E-state index in [0.29, 0.717) is 17.0 Å². The maximum absolute atomic E-state index is 13.6. The molecule has 0 aliphatic heterocycles. The zero-order valence-electron chi connectivity index (χ0n) is 9.41. The second-order valence-electron chi connectivity index (χ2n) is 4.06. The Morgan fingerprint density at radius 1 is 1.41 bits per heavy atom. The maximum Gasteiger partial charge on any atom is 0.127 e. The van der Waals surface area contributed by atoms with Crippen LogP contribution in [0.25, 0.3) is 0 Å². The van der Waals surface area contributed by atoms with Crippen molar-refractivity contribution in [3.63, 3.8) is 0 Å². The van der Waals surface area contributed by atoms with Gasteiger partial charge in [-0.1, -0.05) is 17.7 Å². The summed E-state index contributed by atoms with van der Waals surface area (Å²) in [5.41, 5.74) is 8.94. The zero-order chi connectivity index (χ0) is 12.4. The van der Waals surface area contributed by atoms with Crippen molar-refractivity contribution in [2.24, 2.45) is 5.73 Å². The van der Waals surface area contributed by atoms with Crippen molar-refractivity contribution >= 4 is 22.9 Å². The normalized spacial score (nSPS) is 12.7. The van der Waals surface area contributed by atoms with E-state index in [2.05, 4.69) is 0 Å². The molecule has 0 radical (unpaired) electrons. The van der Waals surface area contributed by atoms with Crippen LogP contribution in [0.15, 0.2) is 29.0 Å². The van der Waals surface area contributed by atoms with Gasteiger partial charge < -0.3 is 5.73 Å². The molecule has 0 saturated heterocycles. The summed E-state index contributed by atoms with van der Waals surface area (Å²) in [5, 5.41) is 4.48. The lowest BCUT2D eigenvalue weighted by Crippen LogP contribution is -2.14. The molecule has 2 aromatic rings. The van der Waals surface area contributed by atoms with Gasteiger partial charge in [-0.05, 0) is 52.9 Å². The lowest BCUT2D eigenvalue weighted by molar-refractivity contribution is 0.593. The highest BCUT2D eigenvalue weighted by Gasteiger charge is 2.13. The molecule has 1 unspecified atom stereocenters. The molecular weight excluding hydrogens is 257 g/mol. The van der Waals surface area contributed by atoms with Crippen molar-refractivity contribution in [2.45, 2.75) is 19.4 Å². The lowest BCUT2D eigenvalue weighted by atomic mass is 9.99. The van der Waals surface area contributed by atoms with E-state index in [1.807, 2.05) is 17.7 Å². The van der Waals surface area contributed by atoms with Crippen molar-refractivity contribution in [1.29, 1.82) is 0 Å². The topological polar surface area (TPSA) is 26.0 Å². The fourth-order valence-corrected chi connectivity index (χ4v) is 2.86. The van der Waals surface area contributed by atoms with Gasteiger partial charge in [0.2, 0.25) is 0 Å². The van der Waals surface area contributed by atoms with E-state index < -0.39 is 0 Å². The molecule has 4 heteroatoms. The van der Waals surface area contributed by atoms with E-state index in [0.717, 1.165) is 11.1 Å². The maximum atomic E-state index is 13.6. The predicted molar refractivity (Wildman–Crippen MR) is 71.1 cm³/mol. The van der Waals surface area contributed by atoms with Gasteiger partial charge in [-0.15, -0.1) is 0 Å². The number of hydrogen-bond acceptors (Lipinski definition) is 2. The summed E-state index contributed by atoms with van der Waals surface area (Å²) in [6.07, 6.45) is 0.487. The molecule has 1 heterocycles. The molecule has 1 aromatic heterocycles. The van der Waals surface area contributed by atoms with Crippen LogP contribution in [0.4, 0.5) is 4.39 Å². The van der Waals surface area contributed by atoms with Crippen LogP contribution in [0.1, 0.15) is 22.7 Å². The second-order valence-corrected chi connectivity index (χ2v) is 5.24. The first kappa shape index (κ1) is 12.6. The smallest absolute Gasteiger partial charge is 0.127 e. The summed E-state index contributed by atoms with van der Waals surface area (Å²) < 4.78 is 13.6. The van der Waals surface area contributed by atoms with E-state index in [1.54, 1.807) is 23.5 Å². The Labute approximate surface area is 109 Å². The highest BCUT2D eigenvalue weighted by Crippen LogP contribution is 2.24. The Hall–Kier alpha value is -0.900. The van der Waals surface area contributed by atoms with Gasteiger partial charge in [0.15, 0.2) is 0 Å². The van der Waals surface area contributed by atoms with E-state index in [9.17, 15) is 4.39 Å². The van der Waals surface area contributed by atoms with Gasteiger partial charge >= 0.3 is 0 Å². The third kappa shape index (κ3) is 2.86. The number of benzene rings is 1. The van der Waals surface area contributed by atoms with Gasteiger partial charge in [-0.25, -0.2) is 4.39 Å². The summed E-state index contributed by atoms with van der Waals surface area (Å²) >= 11 is 7.33. The number of nitrogens with two attached hydrogens (primary N) is 1. The quantitative estimate of drug-likeness (QED) is 0.892. The third-order valence-corrected chi connectivity index (χ3v) is 3.86. The van der Waals surface area contributed by atoms with Crippen molar-refractivity contribution in [2.75, 3.05) is 0 Å². The molecule has 90 valence electrons. The number of hydrogen-bond donors (Lipinski definition) is 1. The average Bonchev–Trinajstić information content (AvgIpc) is 2.68. The lowest BCUT2D eigenvalue weighted by Gasteiger charge is -2.12. The molecule has 2 N–H and O–H groups in total. The monoisotopic (exact) mass is 269 g/mol. The van der Waals surface area contributed by atoms with E-state index in [4.69, 9.17) is 17.3 Å². The molecule has 0 bridgehead atoms. The fraction of sp³-hybridized carbons (Fsp3) is 0.231. The molecule has 0 aliphatic carbocycles. The summed E-state index contributed by atoms with van der Waals surface area (Å²) in [4.78, 5) is 0. The van der Waals surface area contributed by atoms with Crippen LogP contribution in [-0.4, -0.2) is 0 Å². The molecule has 0 aliphatic rings. The Balaban J connectivity index is 2.19. The molecule has 2 rings (SSSR count). The minimum absolute atomic E-state index is 0.170. The first-order chi connectivity index (χ1) is 8.08. The van der Waals surface area contributed by atoms with Gasteiger partial charge in [0, 0.05) is 11.1 Å². The highest BCUT2D eigenvalue weighted by molar-refractivity contribution is 7.08. The van der Waals surface area contributed by atoms with Crippen LogP contribution in [0.5, 0.6) is 0 Å². The zero-order valence-corrected chi connectivity index (χ0v) is 11.0. The van der Waals surface area contributed by atoms with Gasteiger partial charge in [-0.3, -0.25) is 0 Å². The molecule has 1 aromatic carbocycles. The summed E-state index contributed by atoms with van der Waals surface area (Å²) in [6.45, 7) is 2.02. The van der Waals surface area contributed by atoms with E-state index in [-0.39, 0.29) is 11.9 Å². The highest BCUT2D eigenvalue weighted by atomic mass is 35.5. The molecule has 0 saturated carbocycles. The summed E-state index contributed by atoms with van der Waals surface area (Å²) in [6, 6.07) is 4.54. The Kier molecular flexibility index (Phi) is 3.82. The van der Waals surface area contributed by atoms with Crippen LogP contribution < -0.4 is 5.73 Å². The van der Waals surface area contributed by atoms with E-state index >= 15 is 0 Å². The number of thiophene rings is 1. The standard InChI is InChI=1S/C13H13ClFNS/c1-8-6-17-7-11(8)13(16)4-9-2-3-10(14)5-12(9)15/h2-3,5-7,13H,4,16H2,1H3. The number of halogens is 2. The van der Waals surface area contributed by atoms with Crippen molar-refractivity contribution in [3.8, 4) is 0 Å². The van der Waals surface area contributed by atoms with Crippen LogP contribution in [-0.2, 0) is 6.42 Å². The van der Waals surface area contributed by atoms with E-state index in [1.165, 1.54) is 6.07 Å². The van der Waals surface area contributed by atoms with Gasteiger partial charge in [0.1, 0.15) is 5.82 Å². The van der Waals surface area contributed by atoms with Crippen LogP contribution >= 0.6 is 22.9 Å². The molecular formula is C13H13ClFNS. The molecule has 1 nitrogen and oxygen atoms in total. The van der Waals surface area contributed by atoms with Crippen molar-refractivity contribution in [1.82, 2.24) is 0 Å². The van der Waals surface area contributed by atoms with Gasteiger partial charge in [0.25, 0.3) is 0 Å².